The highest BCUT2D eigenvalue weighted by molar-refractivity contribution is 6.29. The van der Waals surface area contributed by atoms with Gasteiger partial charge in [0.1, 0.15) is 5.15 Å². The Balaban J connectivity index is 0.000000637. The van der Waals surface area contributed by atoms with Gasteiger partial charge in [-0.1, -0.05) is 31.0 Å². The lowest BCUT2D eigenvalue weighted by atomic mass is 10.1. The second-order valence-electron chi connectivity index (χ2n) is 4.59. The van der Waals surface area contributed by atoms with Crippen LogP contribution in [0.4, 0.5) is 5.69 Å². The Kier molecular flexibility index (Phi) is 4.83. The fourth-order valence-electron chi connectivity index (χ4n) is 2.50. The van der Waals surface area contributed by atoms with Gasteiger partial charge in [0.05, 0.1) is 18.9 Å². The lowest BCUT2D eigenvalue weighted by Gasteiger charge is -2.30. The van der Waals surface area contributed by atoms with Crippen LogP contribution in [0, 0.1) is 0 Å². The molecule has 0 spiro atoms. The third-order valence-corrected chi connectivity index (χ3v) is 3.49. The van der Waals surface area contributed by atoms with E-state index in [1.54, 1.807) is 0 Å². The smallest absolute Gasteiger partial charge is 0.131 e. The summed E-state index contributed by atoms with van der Waals surface area (Å²) < 4.78 is 5.39. The summed E-state index contributed by atoms with van der Waals surface area (Å²) in [5.74, 6) is 0. The van der Waals surface area contributed by atoms with Crippen molar-refractivity contribution in [1.82, 2.24) is 4.98 Å². The van der Waals surface area contributed by atoms with Crippen LogP contribution in [0.25, 0.3) is 6.08 Å². The topological polar surface area (TPSA) is 25.4 Å². The molecule has 2 heterocycles. The van der Waals surface area contributed by atoms with Gasteiger partial charge in [-0.25, -0.2) is 4.98 Å². The number of hydrogen-bond acceptors (Lipinski definition) is 3. The molecule has 19 heavy (non-hydrogen) atoms. The normalized spacial score (nSPS) is 17.5. The van der Waals surface area contributed by atoms with Crippen molar-refractivity contribution >= 4 is 23.4 Å². The van der Waals surface area contributed by atoms with Gasteiger partial charge in [0.15, 0.2) is 0 Å². The fraction of sp³-hybridized carbons (Fsp3) is 0.533. The molecule has 0 radical (unpaired) electrons. The summed E-state index contributed by atoms with van der Waals surface area (Å²) in [6.45, 7) is 9.60. The Morgan fingerprint density at radius 2 is 1.95 bits per heavy atom. The highest BCUT2D eigenvalue weighted by Gasteiger charge is 2.21. The number of anilines is 1. The molecular formula is C15H21ClN2O. The predicted octanol–water partition coefficient (Wildman–Crippen LogP) is 3.56. The number of rotatable bonds is 1. The first-order valence-corrected chi connectivity index (χ1v) is 7.31. The van der Waals surface area contributed by atoms with Gasteiger partial charge in [-0.3, -0.25) is 0 Å². The minimum Gasteiger partial charge on any atom is -0.378 e. The van der Waals surface area contributed by atoms with Crippen LogP contribution < -0.4 is 4.90 Å². The zero-order valence-corrected chi connectivity index (χ0v) is 12.6. The Labute approximate surface area is 120 Å². The fourth-order valence-corrected chi connectivity index (χ4v) is 2.69. The first-order chi connectivity index (χ1) is 9.24. The average molecular weight is 281 g/mol. The number of nitrogens with zero attached hydrogens (tertiary/aromatic N) is 2. The molecule has 3 rings (SSSR count). The Morgan fingerprint density at radius 3 is 2.63 bits per heavy atom. The second kappa shape index (κ2) is 6.40. The molecule has 2 aliphatic rings. The van der Waals surface area contributed by atoms with E-state index in [0.29, 0.717) is 5.15 Å². The zero-order valence-electron chi connectivity index (χ0n) is 11.9. The molecule has 3 nitrogen and oxygen atoms in total. The van der Waals surface area contributed by atoms with Crippen LogP contribution in [-0.4, -0.2) is 31.3 Å². The van der Waals surface area contributed by atoms with Crippen molar-refractivity contribution in [2.45, 2.75) is 27.2 Å². The van der Waals surface area contributed by atoms with E-state index in [0.717, 1.165) is 38.4 Å². The van der Waals surface area contributed by atoms with Crippen molar-refractivity contribution in [3.63, 3.8) is 0 Å². The van der Waals surface area contributed by atoms with Crippen LogP contribution in [0.3, 0.4) is 0 Å². The number of halogens is 1. The van der Waals surface area contributed by atoms with Crippen LogP contribution in [0.15, 0.2) is 11.6 Å². The third kappa shape index (κ3) is 3.10. The molecule has 1 aromatic heterocycles. The minimum absolute atomic E-state index is 0.580. The van der Waals surface area contributed by atoms with Crippen LogP contribution in [0.1, 0.15) is 32.0 Å². The quantitative estimate of drug-likeness (QED) is 0.736. The van der Waals surface area contributed by atoms with E-state index in [1.807, 2.05) is 19.9 Å². The van der Waals surface area contributed by atoms with Gasteiger partial charge in [-0.2, -0.15) is 0 Å². The number of aromatic nitrogens is 1. The van der Waals surface area contributed by atoms with Gasteiger partial charge in [0, 0.05) is 24.3 Å². The lowest BCUT2D eigenvalue weighted by molar-refractivity contribution is 0.122. The predicted molar refractivity (Wildman–Crippen MR) is 81.0 cm³/mol. The molecule has 0 bridgehead atoms. The van der Waals surface area contributed by atoms with Gasteiger partial charge in [0.25, 0.3) is 0 Å². The van der Waals surface area contributed by atoms with Crippen LogP contribution in [-0.2, 0) is 11.2 Å². The Hall–Kier alpha value is -1.06. The minimum atomic E-state index is 0.580. The van der Waals surface area contributed by atoms with E-state index >= 15 is 0 Å². The van der Waals surface area contributed by atoms with Crippen LogP contribution >= 0.6 is 11.6 Å². The molecule has 1 aromatic rings. The molecule has 0 saturated carbocycles. The maximum Gasteiger partial charge on any atom is 0.131 e. The average Bonchev–Trinajstić information content (AvgIpc) is 2.81. The summed E-state index contributed by atoms with van der Waals surface area (Å²) >= 11 is 6.10. The molecule has 0 amide bonds. The van der Waals surface area contributed by atoms with Crippen molar-refractivity contribution in [2.24, 2.45) is 0 Å². The van der Waals surface area contributed by atoms with Gasteiger partial charge >= 0.3 is 0 Å². The molecular weight excluding hydrogens is 260 g/mol. The molecule has 1 fully saturated rings. The maximum absolute atomic E-state index is 6.10. The number of pyridine rings is 1. The van der Waals surface area contributed by atoms with Gasteiger partial charge in [-0.15, -0.1) is 0 Å². The van der Waals surface area contributed by atoms with Gasteiger partial charge < -0.3 is 9.64 Å². The third-order valence-electron chi connectivity index (χ3n) is 3.29. The summed E-state index contributed by atoms with van der Waals surface area (Å²) in [6, 6.07) is 1.98. The van der Waals surface area contributed by atoms with Crippen LogP contribution in [0.5, 0.6) is 0 Å². The van der Waals surface area contributed by atoms with E-state index in [-0.39, 0.29) is 0 Å². The summed E-state index contributed by atoms with van der Waals surface area (Å²) in [4.78, 5) is 6.74. The Bertz CT molecular complexity index is 479. The van der Waals surface area contributed by atoms with E-state index < -0.39 is 0 Å². The summed E-state index contributed by atoms with van der Waals surface area (Å²) in [5, 5.41) is 0.580. The van der Waals surface area contributed by atoms with E-state index in [1.165, 1.54) is 16.8 Å². The summed E-state index contributed by atoms with van der Waals surface area (Å²) in [5.41, 5.74) is 4.94. The van der Waals surface area contributed by atoms with Gasteiger partial charge in [-0.05, 0) is 25.5 Å². The zero-order chi connectivity index (χ0) is 13.8. The van der Waals surface area contributed by atoms with E-state index in [4.69, 9.17) is 16.3 Å². The Morgan fingerprint density at radius 1 is 1.26 bits per heavy atom. The highest BCUT2D eigenvalue weighted by atomic mass is 35.5. The second-order valence-corrected chi connectivity index (χ2v) is 4.98. The van der Waals surface area contributed by atoms with Crippen molar-refractivity contribution in [2.75, 3.05) is 31.2 Å². The van der Waals surface area contributed by atoms with Crippen molar-refractivity contribution in [3.05, 3.63) is 28.0 Å². The number of hydrogen-bond donors (Lipinski definition) is 0. The monoisotopic (exact) mass is 280 g/mol. The first kappa shape index (κ1) is 14.4. The molecule has 4 heteroatoms. The first-order valence-electron chi connectivity index (χ1n) is 6.93. The maximum atomic E-state index is 6.10. The number of ether oxygens (including phenoxy) is 1. The standard InChI is InChI=1S/C13H15ClN2O.C2H6/c1-9-6-10-11(7-9)15-13(14)8-12(10)16-2-4-17-5-3-16;1-2/h7-8H,2-6H2,1H3;1-2H3. The molecule has 0 atom stereocenters. The lowest BCUT2D eigenvalue weighted by Crippen LogP contribution is -2.36. The van der Waals surface area contributed by atoms with Gasteiger partial charge in [0.2, 0.25) is 0 Å². The molecule has 0 unspecified atom stereocenters. The molecule has 0 N–H and O–H groups in total. The summed E-state index contributed by atoms with van der Waals surface area (Å²) in [7, 11) is 0. The molecule has 0 aromatic carbocycles. The molecule has 104 valence electrons. The van der Waals surface area contributed by atoms with Crippen molar-refractivity contribution < 1.29 is 4.74 Å². The number of morpholine rings is 1. The van der Waals surface area contributed by atoms with Crippen molar-refractivity contribution in [1.29, 1.82) is 0 Å². The highest BCUT2D eigenvalue weighted by Crippen LogP contribution is 2.34. The molecule has 1 saturated heterocycles. The number of allylic oxidation sites excluding steroid dienone is 1. The van der Waals surface area contributed by atoms with Crippen molar-refractivity contribution in [3.8, 4) is 0 Å². The SMILES string of the molecule is CC.CC1=Cc2nc(Cl)cc(N3CCOCC3)c2C1. The summed E-state index contributed by atoms with van der Waals surface area (Å²) in [6.07, 6.45) is 3.12. The van der Waals surface area contributed by atoms with E-state index in [2.05, 4.69) is 22.9 Å². The largest absolute Gasteiger partial charge is 0.378 e. The van der Waals surface area contributed by atoms with E-state index in [9.17, 15) is 0 Å². The molecule has 1 aliphatic heterocycles. The number of fused-ring (bicyclic) bond motifs is 1. The molecule has 1 aliphatic carbocycles. The van der Waals surface area contributed by atoms with Crippen LogP contribution in [0.2, 0.25) is 5.15 Å².